The van der Waals surface area contributed by atoms with Gasteiger partial charge in [0.1, 0.15) is 5.75 Å². The number of hydrogen-bond donors (Lipinski definition) is 4. The average Bonchev–Trinajstić information content (AvgIpc) is 2.54. The summed E-state index contributed by atoms with van der Waals surface area (Å²) in [7, 11) is -4.47. The molecule has 0 aliphatic rings. The maximum atomic E-state index is 10.9. The Bertz CT molecular complexity index is 458. The molecule has 6 nitrogen and oxygen atoms in total. The number of rotatable bonds is 11. The van der Waals surface area contributed by atoms with E-state index in [1.807, 2.05) is 12.1 Å². The summed E-state index contributed by atoms with van der Waals surface area (Å²) in [5, 5.41) is 15.2. The van der Waals surface area contributed by atoms with Gasteiger partial charge in [0, 0.05) is 0 Å². The van der Waals surface area contributed by atoms with Gasteiger partial charge in [0.2, 0.25) is 0 Å². The lowest BCUT2D eigenvalue weighted by Gasteiger charge is -2.11. The summed E-state index contributed by atoms with van der Waals surface area (Å²) in [4.78, 5) is 17.8. The van der Waals surface area contributed by atoms with Crippen LogP contribution in [-0.4, -0.2) is 33.2 Å². The Hall–Kier alpha value is -0.910. The number of phosphoric acid groups is 1. The van der Waals surface area contributed by atoms with Gasteiger partial charge in [-0.2, -0.15) is 0 Å². The maximum absolute atomic E-state index is 10.9. The van der Waals surface area contributed by atoms with Crippen molar-refractivity contribution in [3.8, 4) is 5.75 Å². The molecule has 0 radical (unpaired) electrons. The summed E-state index contributed by atoms with van der Waals surface area (Å²) in [6, 6.07) is 7.06. The first kappa shape index (κ1) is 23.1. The number of aryl methyl sites for hydroxylation is 1. The lowest BCUT2D eigenvalue weighted by molar-refractivity contribution is 0.186. The summed E-state index contributed by atoms with van der Waals surface area (Å²) >= 11 is 0. The van der Waals surface area contributed by atoms with E-state index in [2.05, 4.69) is 6.92 Å². The largest absolute Gasteiger partial charge is 0.524 e. The molecule has 0 atom stereocenters. The van der Waals surface area contributed by atoms with Crippen LogP contribution in [-0.2, 0) is 11.0 Å². The summed E-state index contributed by atoms with van der Waals surface area (Å²) in [5.74, 6) is 0.298. The van der Waals surface area contributed by atoms with Gasteiger partial charge < -0.3 is 14.7 Å². The van der Waals surface area contributed by atoms with Crippen LogP contribution in [0.4, 0.5) is 0 Å². The van der Waals surface area contributed by atoms with E-state index in [1.165, 1.54) is 32.1 Å². The SMILES string of the molecule is CCCCCCCCCc1ccccc1OP(=O)(O)O.OCCO. The second kappa shape index (κ2) is 14.4. The first-order valence-electron chi connectivity index (χ1n) is 8.49. The molecule has 0 bridgehead atoms. The van der Waals surface area contributed by atoms with Crippen molar-refractivity contribution in [1.29, 1.82) is 0 Å². The Morgan fingerprint density at radius 1 is 0.917 bits per heavy atom. The van der Waals surface area contributed by atoms with Gasteiger partial charge in [-0.25, -0.2) is 4.57 Å². The third-order valence-corrected chi connectivity index (χ3v) is 3.77. The van der Waals surface area contributed by atoms with Crippen molar-refractivity contribution in [3.05, 3.63) is 29.8 Å². The monoisotopic (exact) mass is 362 g/mol. The third kappa shape index (κ3) is 13.5. The molecule has 0 aliphatic carbocycles. The molecule has 0 fully saturated rings. The highest BCUT2D eigenvalue weighted by Crippen LogP contribution is 2.39. The van der Waals surface area contributed by atoms with Crippen LogP contribution in [0, 0.1) is 0 Å². The van der Waals surface area contributed by atoms with Crippen molar-refractivity contribution in [1.82, 2.24) is 0 Å². The van der Waals surface area contributed by atoms with Crippen molar-refractivity contribution >= 4 is 7.82 Å². The van der Waals surface area contributed by atoms with Crippen molar-refractivity contribution in [2.45, 2.75) is 58.3 Å². The highest BCUT2D eigenvalue weighted by molar-refractivity contribution is 7.46. The molecular formula is C17H31O6P. The smallest absolute Gasteiger partial charge is 0.404 e. The Balaban J connectivity index is 0.00000118. The van der Waals surface area contributed by atoms with E-state index in [4.69, 9.17) is 24.5 Å². The standard InChI is InChI=1S/C15H25O4P.C2H6O2/c1-2-3-4-5-6-7-8-11-14-12-9-10-13-15(14)19-20(16,17)18;3-1-2-4/h9-10,12-13H,2-8,11H2,1H3,(H2,16,17,18);3-4H,1-2H2. The predicted molar refractivity (Wildman–Crippen MR) is 95.0 cm³/mol. The predicted octanol–water partition coefficient (Wildman–Crippen LogP) is 3.42. The van der Waals surface area contributed by atoms with Crippen molar-refractivity contribution in [2.24, 2.45) is 0 Å². The van der Waals surface area contributed by atoms with Crippen LogP contribution >= 0.6 is 7.82 Å². The minimum Gasteiger partial charge on any atom is -0.404 e. The number of phosphoric ester groups is 1. The van der Waals surface area contributed by atoms with Gasteiger partial charge in [0.25, 0.3) is 0 Å². The fourth-order valence-corrected chi connectivity index (χ4v) is 2.63. The first-order chi connectivity index (χ1) is 11.4. The van der Waals surface area contributed by atoms with E-state index < -0.39 is 7.82 Å². The molecule has 0 aliphatic heterocycles. The third-order valence-electron chi connectivity index (χ3n) is 3.34. The van der Waals surface area contributed by atoms with E-state index in [0.29, 0.717) is 5.75 Å². The van der Waals surface area contributed by atoms with Crippen LogP contribution in [0.5, 0.6) is 5.75 Å². The van der Waals surface area contributed by atoms with E-state index in [0.717, 1.165) is 24.8 Å². The van der Waals surface area contributed by atoms with Crippen LogP contribution in [0.2, 0.25) is 0 Å². The molecule has 140 valence electrons. The Morgan fingerprint density at radius 3 is 2.00 bits per heavy atom. The van der Waals surface area contributed by atoms with Crippen molar-refractivity contribution < 1.29 is 29.1 Å². The molecule has 0 saturated carbocycles. The van der Waals surface area contributed by atoms with Crippen LogP contribution in [0.1, 0.15) is 57.4 Å². The fourth-order valence-electron chi connectivity index (χ4n) is 2.20. The summed E-state index contributed by atoms with van der Waals surface area (Å²) in [6.45, 7) is 1.96. The molecule has 0 aromatic heterocycles. The molecule has 0 spiro atoms. The summed E-state index contributed by atoms with van der Waals surface area (Å²) in [5.41, 5.74) is 0.865. The molecule has 0 unspecified atom stereocenters. The number of para-hydroxylation sites is 1. The number of aliphatic hydroxyl groups is 2. The first-order valence-corrected chi connectivity index (χ1v) is 10.0. The Labute approximate surface area is 144 Å². The minimum atomic E-state index is -4.47. The second-order valence-electron chi connectivity index (χ2n) is 5.51. The van der Waals surface area contributed by atoms with E-state index >= 15 is 0 Å². The van der Waals surface area contributed by atoms with Gasteiger partial charge in [-0.05, 0) is 24.5 Å². The van der Waals surface area contributed by atoms with Gasteiger partial charge in [-0.15, -0.1) is 0 Å². The molecule has 0 saturated heterocycles. The zero-order valence-corrected chi connectivity index (χ0v) is 15.3. The molecule has 7 heteroatoms. The van der Waals surface area contributed by atoms with Gasteiger partial charge >= 0.3 is 7.82 Å². The zero-order valence-electron chi connectivity index (χ0n) is 14.4. The van der Waals surface area contributed by atoms with Crippen LogP contribution in [0.3, 0.4) is 0 Å². The topological polar surface area (TPSA) is 107 Å². The number of hydrogen-bond acceptors (Lipinski definition) is 4. The van der Waals surface area contributed by atoms with Gasteiger partial charge in [-0.3, -0.25) is 9.79 Å². The average molecular weight is 362 g/mol. The highest BCUT2D eigenvalue weighted by Gasteiger charge is 2.17. The van der Waals surface area contributed by atoms with Crippen molar-refractivity contribution in [2.75, 3.05) is 13.2 Å². The van der Waals surface area contributed by atoms with Crippen molar-refractivity contribution in [3.63, 3.8) is 0 Å². The van der Waals surface area contributed by atoms with Crippen LogP contribution in [0.15, 0.2) is 24.3 Å². The normalized spacial score (nSPS) is 10.9. The molecule has 1 rings (SSSR count). The molecule has 0 heterocycles. The molecule has 4 N–H and O–H groups in total. The molecule has 0 amide bonds. The summed E-state index contributed by atoms with van der Waals surface area (Å²) < 4.78 is 15.6. The van der Waals surface area contributed by atoms with Gasteiger partial charge in [0.15, 0.2) is 0 Å². The van der Waals surface area contributed by atoms with Gasteiger partial charge in [-0.1, -0.05) is 63.6 Å². The molecular weight excluding hydrogens is 331 g/mol. The van der Waals surface area contributed by atoms with E-state index in [1.54, 1.807) is 12.1 Å². The van der Waals surface area contributed by atoms with Gasteiger partial charge in [0.05, 0.1) is 13.2 Å². The number of aliphatic hydroxyl groups excluding tert-OH is 2. The second-order valence-corrected chi connectivity index (χ2v) is 6.67. The lowest BCUT2D eigenvalue weighted by atomic mass is 10.0. The fraction of sp³-hybridized carbons (Fsp3) is 0.647. The number of unbranched alkanes of at least 4 members (excludes halogenated alkanes) is 6. The summed E-state index contributed by atoms with van der Waals surface area (Å²) in [6.07, 6.45) is 9.32. The molecule has 1 aromatic rings. The van der Waals surface area contributed by atoms with Crippen LogP contribution in [0.25, 0.3) is 0 Å². The molecule has 1 aromatic carbocycles. The highest BCUT2D eigenvalue weighted by atomic mass is 31.2. The maximum Gasteiger partial charge on any atom is 0.524 e. The molecule has 24 heavy (non-hydrogen) atoms. The van der Waals surface area contributed by atoms with Crippen LogP contribution < -0.4 is 4.52 Å². The lowest BCUT2D eigenvalue weighted by Crippen LogP contribution is -1.95. The Morgan fingerprint density at radius 2 is 1.46 bits per heavy atom. The minimum absolute atomic E-state index is 0.125. The number of benzene rings is 1. The Kier molecular flexibility index (Phi) is 13.9. The van der Waals surface area contributed by atoms with E-state index in [9.17, 15) is 4.57 Å². The quantitative estimate of drug-likeness (QED) is 0.355. The zero-order chi connectivity index (χ0) is 18.3. The van der Waals surface area contributed by atoms with E-state index in [-0.39, 0.29) is 13.2 Å².